The van der Waals surface area contributed by atoms with Crippen molar-refractivity contribution in [2.75, 3.05) is 5.73 Å². The Hall–Kier alpha value is -1.54. The molecule has 0 unspecified atom stereocenters. The second kappa shape index (κ2) is 3.31. The molecular weight excluding hydrogens is 198 g/mol. The minimum Gasteiger partial charge on any atom is -0.398 e. The SMILES string of the molecule is Nc1c(C(=O)Cl)ccc2ccccc12. The van der Waals surface area contributed by atoms with Gasteiger partial charge in [-0.25, -0.2) is 0 Å². The first-order chi connectivity index (χ1) is 6.70. The normalized spacial score (nSPS) is 10.4. The molecule has 2 aromatic carbocycles. The second-order valence-electron chi connectivity index (χ2n) is 3.02. The van der Waals surface area contributed by atoms with Gasteiger partial charge in [-0.15, -0.1) is 0 Å². The zero-order chi connectivity index (χ0) is 10.1. The van der Waals surface area contributed by atoms with Gasteiger partial charge in [0.05, 0.1) is 11.3 Å². The first kappa shape index (κ1) is 9.03. The van der Waals surface area contributed by atoms with Crippen molar-refractivity contribution < 1.29 is 4.79 Å². The van der Waals surface area contributed by atoms with Gasteiger partial charge in [0.1, 0.15) is 0 Å². The maximum absolute atomic E-state index is 11.0. The van der Waals surface area contributed by atoms with Crippen LogP contribution in [0.4, 0.5) is 5.69 Å². The molecule has 0 atom stereocenters. The average molecular weight is 206 g/mol. The molecular formula is C11H8ClNO. The van der Waals surface area contributed by atoms with E-state index in [1.165, 1.54) is 0 Å². The van der Waals surface area contributed by atoms with Crippen LogP contribution in [0.5, 0.6) is 0 Å². The maximum atomic E-state index is 11.0. The third-order valence-corrected chi connectivity index (χ3v) is 2.39. The van der Waals surface area contributed by atoms with Crippen molar-refractivity contribution in [3.63, 3.8) is 0 Å². The van der Waals surface area contributed by atoms with Crippen LogP contribution in [-0.2, 0) is 0 Å². The zero-order valence-electron chi connectivity index (χ0n) is 7.33. The number of hydrogen-bond acceptors (Lipinski definition) is 2. The van der Waals surface area contributed by atoms with E-state index in [9.17, 15) is 4.79 Å². The maximum Gasteiger partial charge on any atom is 0.254 e. The van der Waals surface area contributed by atoms with Crippen LogP contribution in [0.25, 0.3) is 10.8 Å². The fourth-order valence-electron chi connectivity index (χ4n) is 1.47. The van der Waals surface area contributed by atoms with Crippen molar-refractivity contribution >= 4 is 33.3 Å². The van der Waals surface area contributed by atoms with Gasteiger partial charge in [-0.1, -0.05) is 30.3 Å². The van der Waals surface area contributed by atoms with E-state index in [1.54, 1.807) is 6.07 Å². The van der Waals surface area contributed by atoms with E-state index in [1.807, 2.05) is 30.3 Å². The summed E-state index contributed by atoms with van der Waals surface area (Å²) >= 11 is 5.39. The molecule has 0 bridgehead atoms. The first-order valence-corrected chi connectivity index (χ1v) is 4.55. The highest BCUT2D eigenvalue weighted by molar-refractivity contribution is 6.68. The molecule has 14 heavy (non-hydrogen) atoms. The summed E-state index contributed by atoms with van der Waals surface area (Å²) in [6.45, 7) is 0. The molecule has 2 nitrogen and oxygen atoms in total. The Morgan fingerprint density at radius 1 is 1.14 bits per heavy atom. The number of benzene rings is 2. The van der Waals surface area contributed by atoms with Crippen molar-refractivity contribution in [3.05, 3.63) is 42.0 Å². The molecule has 0 aromatic heterocycles. The number of carbonyl (C=O) groups excluding carboxylic acids is 1. The van der Waals surface area contributed by atoms with Crippen LogP contribution in [-0.4, -0.2) is 5.24 Å². The van der Waals surface area contributed by atoms with Crippen molar-refractivity contribution in [1.29, 1.82) is 0 Å². The van der Waals surface area contributed by atoms with Crippen LogP contribution >= 0.6 is 11.6 Å². The molecule has 0 amide bonds. The topological polar surface area (TPSA) is 43.1 Å². The van der Waals surface area contributed by atoms with Gasteiger partial charge >= 0.3 is 0 Å². The lowest BCUT2D eigenvalue weighted by molar-refractivity contribution is 0.108. The fourth-order valence-corrected chi connectivity index (χ4v) is 1.63. The van der Waals surface area contributed by atoms with E-state index in [0.717, 1.165) is 10.8 Å². The number of fused-ring (bicyclic) bond motifs is 1. The van der Waals surface area contributed by atoms with Crippen LogP contribution in [0.3, 0.4) is 0 Å². The molecule has 0 aliphatic carbocycles. The van der Waals surface area contributed by atoms with Crippen LogP contribution < -0.4 is 5.73 Å². The van der Waals surface area contributed by atoms with Crippen LogP contribution in [0.1, 0.15) is 10.4 Å². The average Bonchev–Trinajstić information content (AvgIpc) is 2.18. The van der Waals surface area contributed by atoms with Crippen molar-refractivity contribution in [2.24, 2.45) is 0 Å². The molecule has 0 saturated carbocycles. The van der Waals surface area contributed by atoms with E-state index >= 15 is 0 Å². The number of anilines is 1. The third-order valence-electron chi connectivity index (χ3n) is 2.18. The lowest BCUT2D eigenvalue weighted by atomic mass is 10.1. The number of nitrogens with two attached hydrogens (primary N) is 1. The lowest BCUT2D eigenvalue weighted by Crippen LogP contribution is -1.98. The Morgan fingerprint density at radius 2 is 1.86 bits per heavy atom. The van der Waals surface area contributed by atoms with Gasteiger partial charge in [0.25, 0.3) is 5.24 Å². The highest BCUT2D eigenvalue weighted by Crippen LogP contribution is 2.25. The summed E-state index contributed by atoms with van der Waals surface area (Å²) in [7, 11) is 0. The van der Waals surface area contributed by atoms with Gasteiger partial charge in [0, 0.05) is 5.39 Å². The van der Waals surface area contributed by atoms with Crippen LogP contribution in [0.15, 0.2) is 36.4 Å². The highest BCUT2D eigenvalue weighted by atomic mass is 35.5. The van der Waals surface area contributed by atoms with Gasteiger partial charge in [-0.2, -0.15) is 0 Å². The Balaban J connectivity index is 2.81. The predicted octanol–water partition coefficient (Wildman–Crippen LogP) is 2.80. The summed E-state index contributed by atoms with van der Waals surface area (Å²) in [4.78, 5) is 11.0. The number of halogens is 1. The number of nitrogen functional groups attached to an aromatic ring is 1. The van der Waals surface area contributed by atoms with Crippen LogP contribution in [0.2, 0.25) is 0 Å². The Kier molecular flexibility index (Phi) is 2.14. The van der Waals surface area contributed by atoms with Gasteiger partial charge in [-0.3, -0.25) is 4.79 Å². The summed E-state index contributed by atoms with van der Waals surface area (Å²) in [5.41, 5.74) is 6.63. The summed E-state index contributed by atoms with van der Waals surface area (Å²) in [5, 5.41) is 1.35. The Bertz CT molecular complexity index is 508. The molecule has 0 radical (unpaired) electrons. The van der Waals surface area contributed by atoms with E-state index in [2.05, 4.69) is 0 Å². The van der Waals surface area contributed by atoms with Crippen molar-refractivity contribution in [3.8, 4) is 0 Å². The molecule has 0 aliphatic heterocycles. The molecule has 2 N–H and O–H groups in total. The predicted molar refractivity (Wildman–Crippen MR) is 58.5 cm³/mol. The molecule has 70 valence electrons. The minimum atomic E-state index is -0.520. The Labute approximate surface area is 86.3 Å². The summed E-state index contributed by atoms with van der Waals surface area (Å²) in [5.74, 6) is 0. The monoisotopic (exact) mass is 205 g/mol. The molecule has 2 aromatic rings. The summed E-state index contributed by atoms with van der Waals surface area (Å²) in [6.07, 6.45) is 0. The molecule has 0 spiro atoms. The third kappa shape index (κ3) is 1.34. The zero-order valence-corrected chi connectivity index (χ0v) is 8.08. The van der Waals surface area contributed by atoms with E-state index < -0.39 is 5.24 Å². The molecule has 0 saturated heterocycles. The first-order valence-electron chi connectivity index (χ1n) is 4.17. The van der Waals surface area contributed by atoms with E-state index in [0.29, 0.717) is 11.3 Å². The van der Waals surface area contributed by atoms with Crippen molar-refractivity contribution in [2.45, 2.75) is 0 Å². The summed E-state index contributed by atoms with van der Waals surface area (Å²) < 4.78 is 0. The smallest absolute Gasteiger partial charge is 0.254 e. The van der Waals surface area contributed by atoms with Crippen LogP contribution in [0, 0.1) is 0 Å². The van der Waals surface area contributed by atoms with Gasteiger partial charge in [0.15, 0.2) is 0 Å². The summed E-state index contributed by atoms with van der Waals surface area (Å²) in [6, 6.07) is 11.1. The van der Waals surface area contributed by atoms with Crippen molar-refractivity contribution in [1.82, 2.24) is 0 Å². The molecule has 0 fully saturated rings. The number of rotatable bonds is 1. The minimum absolute atomic E-state index is 0.366. The standard InChI is InChI=1S/C11H8ClNO/c12-11(14)9-6-5-7-3-1-2-4-8(7)10(9)13/h1-6H,13H2. The molecule has 3 heteroatoms. The van der Waals surface area contributed by atoms with E-state index in [4.69, 9.17) is 17.3 Å². The molecule has 0 heterocycles. The molecule has 2 rings (SSSR count). The lowest BCUT2D eigenvalue weighted by Gasteiger charge is -2.04. The van der Waals surface area contributed by atoms with Gasteiger partial charge in [-0.05, 0) is 23.1 Å². The largest absolute Gasteiger partial charge is 0.398 e. The fraction of sp³-hybridized carbons (Fsp3) is 0. The number of carbonyl (C=O) groups is 1. The van der Waals surface area contributed by atoms with Gasteiger partial charge < -0.3 is 5.73 Å². The quantitative estimate of drug-likeness (QED) is 0.575. The number of hydrogen-bond donors (Lipinski definition) is 1. The van der Waals surface area contributed by atoms with Gasteiger partial charge in [0.2, 0.25) is 0 Å². The molecule has 0 aliphatic rings. The van der Waals surface area contributed by atoms with E-state index in [-0.39, 0.29) is 0 Å². The Morgan fingerprint density at radius 3 is 2.57 bits per heavy atom. The highest BCUT2D eigenvalue weighted by Gasteiger charge is 2.08. The second-order valence-corrected chi connectivity index (χ2v) is 3.36.